The van der Waals surface area contributed by atoms with E-state index in [1.54, 1.807) is 0 Å². The van der Waals surface area contributed by atoms with Gasteiger partial charge < -0.3 is 10.3 Å². The number of imidazole rings is 1. The molecule has 0 bridgehead atoms. The molecule has 0 radical (unpaired) electrons. The van der Waals surface area contributed by atoms with E-state index in [-0.39, 0.29) is 0 Å². The van der Waals surface area contributed by atoms with Crippen LogP contribution >= 0.6 is 11.6 Å². The van der Waals surface area contributed by atoms with Gasteiger partial charge in [-0.3, -0.25) is 0 Å². The molecular formula is C13H16ClN3. The number of nitrogens with zero attached hydrogens (tertiary/aromatic N) is 2. The molecule has 1 aromatic carbocycles. The van der Waals surface area contributed by atoms with E-state index in [2.05, 4.69) is 16.5 Å². The Morgan fingerprint density at radius 2 is 2.24 bits per heavy atom. The Morgan fingerprint density at radius 1 is 1.47 bits per heavy atom. The van der Waals surface area contributed by atoms with Gasteiger partial charge in [0.1, 0.15) is 0 Å². The second kappa shape index (κ2) is 3.64. The van der Waals surface area contributed by atoms with Crippen LogP contribution in [0, 0.1) is 5.41 Å². The first-order valence-electron chi connectivity index (χ1n) is 5.99. The van der Waals surface area contributed by atoms with Crippen molar-refractivity contribution in [3.05, 3.63) is 23.2 Å². The van der Waals surface area contributed by atoms with Crippen LogP contribution in [0.4, 0.5) is 5.95 Å². The molecule has 1 saturated carbocycles. The number of nitrogen functional groups attached to an aromatic ring is 1. The fraction of sp³-hybridized carbons (Fsp3) is 0.462. The molecule has 1 aliphatic carbocycles. The zero-order valence-electron chi connectivity index (χ0n) is 9.91. The molecule has 0 aliphatic heterocycles. The Labute approximate surface area is 106 Å². The lowest BCUT2D eigenvalue weighted by molar-refractivity contribution is 0.135. The van der Waals surface area contributed by atoms with Gasteiger partial charge in [0.15, 0.2) is 0 Å². The van der Waals surface area contributed by atoms with Crippen LogP contribution in [0.5, 0.6) is 0 Å². The van der Waals surface area contributed by atoms with Gasteiger partial charge in [-0.25, -0.2) is 4.98 Å². The molecule has 0 saturated heterocycles. The highest BCUT2D eigenvalue weighted by atomic mass is 35.5. The zero-order chi connectivity index (χ0) is 12.0. The van der Waals surface area contributed by atoms with Gasteiger partial charge in [-0.05, 0) is 30.4 Å². The zero-order valence-corrected chi connectivity index (χ0v) is 10.7. The van der Waals surface area contributed by atoms with Crippen LogP contribution in [-0.4, -0.2) is 9.55 Å². The van der Waals surface area contributed by atoms with Crippen LogP contribution in [0.15, 0.2) is 18.2 Å². The van der Waals surface area contributed by atoms with Crippen LogP contribution < -0.4 is 5.73 Å². The first-order chi connectivity index (χ1) is 8.09. The third-order valence-electron chi connectivity index (χ3n) is 3.85. The van der Waals surface area contributed by atoms with Crippen molar-refractivity contribution in [3.63, 3.8) is 0 Å². The highest BCUT2D eigenvalue weighted by Gasteiger charge is 2.33. The molecule has 2 aromatic rings. The number of hydrogen-bond donors (Lipinski definition) is 1. The average molecular weight is 250 g/mol. The van der Waals surface area contributed by atoms with Gasteiger partial charge in [-0.15, -0.1) is 0 Å². The minimum atomic E-state index is 0.362. The van der Waals surface area contributed by atoms with Crippen LogP contribution in [0.1, 0.15) is 26.2 Å². The SMILES string of the molecule is CC1(Cn2c(N)nc3cccc(Cl)c32)CCC1. The predicted octanol–water partition coefficient (Wildman–Crippen LogP) is 3.46. The molecular weight excluding hydrogens is 234 g/mol. The van der Waals surface area contributed by atoms with Crippen molar-refractivity contribution in [1.29, 1.82) is 0 Å². The number of anilines is 1. The Kier molecular flexibility index (Phi) is 2.33. The third kappa shape index (κ3) is 1.69. The summed E-state index contributed by atoms with van der Waals surface area (Å²) in [6.45, 7) is 3.22. The summed E-state index contributed by atoms with van der Waals surface area (Å²) in [4.78, 5) is 4.37. The number of halogens is 1. The van der Waals surface area contributed by atoms with Crippen molar-refractivity contribution in [2.24, 2.45) is 5.41 Å². The maximum Gasteiger partial charge on any atom is 0.201 e. The van der Waals surface area contributed by atoms with Gasteiger partial charge in [0.2, 0.25) is 5.95 Å². The maximum absolute atomic E-state index is 6.25. The van der Waals surface area contributed by atoms with E-state index in [4.69, 9.17) is 17.3 Å². The maximum atomic E-state index is 6.25. The molecule has 0 amide bonds. The Balaban J connectivity index is 2.11. The quantitative estimate of drug-likeness (QED) is 0.886. The number of rotatable bonds is 2. The van der Waals surface area contributed by atoms with E-state index in [0.29, 0.717) is 11.4 Å². The number of hydrogen-bond acceptors (Lipinski definition) is 2. The fourth-order valence-corrected chi connectivity index (χ4v) is 2.91. The largest absolute Gasteiger partial charge is 0.369 e. The lowest BCUT2D eigenvalue weighted by Gasteiger charge is -2.39. The first kappa shape index (κ1) is 10.9. The molecule has 2 N–H and O–H groups in total. The van der Waals surface area contributed by atoms with Crippen molar-refractivity contribution < 1.29 is 0 Å². The van der Waals surface area contributed by atoms with Gasteiger partial charge in [-0.2, -0.15) is 0 Å². The van der Waals surface area contributed by atoms with Gasteiger partial charge in [-0.1, -0.05) is 31.0 Å². The minimum absolute atomic E-state index is 0.362. The van der Waals surface area contributed by atoms with E-state index < -0.39 is 0 Å². The number of nitrogens with two attached hydrogens (primary N) is 1. The molecule has 1 aromatic heterocycles. The summed E-state index contributed by atoms with van der Waals surface area (Å²) >= 11 is 6.25. The monoisotopic (exact) mass is 249 g/mol. The lowest BCUT2D eigenvalue weighted by Crippen LogP contribution is -2.31. The van der Waals surface area contributed by atoms with Gasteiger partial charge >= 0.3 is 0 Å². The lowest BCUT2D eigenvalue weighted by atomic mass is 9.70. The van der Waals surface area contributed by atoms with Crippen molar-refractivity contribution >= 4 is 28.6 Å². The molecule has 3 nitrogen and oxygen atoms in total. The average Bonchev–Trinajstić information content (AvgIpc) is 2.54. The Hall–Kier alpha value is -1.22. The van der Waals surface area contributed by atoms with Crippen LogP contribution in [-0.2, 0) is 6.54 Å². The van der Waals surface area contributed by atoms with Gasteiger partial charge in [0.25, 0.3) is 0 Å². The molecule has 17 heavy (non-hydrogen) atoms. The van der Waals surface area contributed by atoms with Crippen molar-refractivity contribution in [2.45, 2.75) is 32.7 Å². The predicted molar refractivity (Wildman–Crippen MR) is 71.1 cm³/mol. The van der Waals surface area contributed by atoms with E-state index in [9.17, 15) is 0 Å². The number of aromatic nitrogens is 2. The van der Waals surface area contributed by atoms with E-state index in [1.165, 1.54) is 19.3 Å². The van der Waals surface area contributed by atoms with Crippen molar-refractivity contribution in [3.8, 4) is 0 Å². The highest BCUT2D eigenvalue weighted by Crippen LogP contribution is 2.43. The van der Waals surface area contributed by atoms with Crippen LogP contribution in [0.2, 0.25) is 5.02 Å². The molecule has 1 heterocycles. The smallest absolute Gasteiger partial charge is 0.201 e. The topological polar surface area (TPSA) is 43.8 Å². The normalized spacial score (nSPS) is 18.2. The van der Waals surface area contributed by atoms with Crippen molar-refractivity contribution in [1.82, 2.24) is 9.55 Å². The summed E-state index contributed by atoms with van der Waals surface area (Å²) in [7, 11) is 0. The van der Waals surface area contributed by atoms with Crippen LogP contribution in [0.3, 0.4) is 0 Å². The summed E-state index contributed by atoms with van der Waals surface area (Å²) in [6.07, 6.45) is 3.84. The molecule has 4 heteroatoms. The molecule has 0 unspecified atom stereocenters. The standard InChI is InChI=1S/C13H16ClN3/c1-13(6-3-7-13)8-17-11-9(14)4-2-5-10(11)16-12(17)15/h2,4-5H,3,6-8H2,1H3,(H2,15,16). The molecule has 1 aliphatic rings. The van der Waals surface area contributed by atoms with Crippen molar-refractivity contribution in [2.75, 3.05) is 5.73 Å². The Bertz CT molecular complexity index is 569. The highest BCUT2D eigenvalue weighted by molar-refractivity contribution is 6.35. The molecule has 3 rings (SSSR count). The number of para-hydroxylation sites is 1. The molecule has 0 atom stereocenters. The second-order valence-corrected chi connectivity index (χ2v) is 5.74. The fourth-order valence-electron chi connectivity index (χ4n) is 2.64. The summed E-state index contributed by atoms with van der Waals surface area (Å²) in [5, 5.41) is 0.731. The second-order valence-electron chi connectivity index (χ2n) is 5.33. The summed E-state index contributed by atoms with van der Waals surface area (Å²) < 4.78 is 2.07. The van der Waals surface area contributed by atoms with E-state index in [0.717, 1.165) is 22.6 Å². The van der Waals surface area contributed by atoms with E-state index in [1.807, 2.05) is 18.2 Å². The Morgan fingerprint density at radius 3 is 2.88 bits per heavy atom. The molecule has 1 fully saturated rings. The summed E-state index contributed by atoms with van der Waals surface area (Å²) in [6, 6.07) is 5.76. The third-order valence-corrected chi connectivity index (χ3v) is 4.15. The summed E-state index contributed by atoms with van der Waals surface area (Å²) in [5.41, 5.74) is 8.22. The van der Waals surface area contributed by atoms with Gasteiger partial charge in [0.05, 0.1) is 16.1 Å². The van der Waals surface area contributed by atoms with E-state index >= 15 is 0 Å². The van der Waals surface area contributed by atoms with Gasteiger partial charge in [0, 0.05) is 6.54 Å². The molecule has 90 valence electrons. The minimum Gasteiger partial charge on any atom is -0.369 e. The molecule has 0 spiro atoms. The number of benzene rings is 1. The summed E-state index contributed by atoms with van der Waals surface area (Å²) in [5.74, 6) is 0.571. The number of fused-ring (bicyclic) bond motifs is 1. The first-order valence-corrected chi connectivity index (χ1v) is 6.37. The van der Waals surface area contributed by atoms with Crippen LogP contribution in [0.25, 0.3) is 11.0 Å².